The van der Waals surface area contributed by atoms with Crippen molar-refractivity contribution in [2.24, 2.45) is 20.5 Å². The first-order valence-electron chi connectivity index (χ1n) is 12.8. The molecule has 4 aromatic rings. The van der Waals surface area contributed by atoms with Gasteiger partial charge in [0.1, 0.15) is 0 Å². The molecule has 0 aliphatic carbocycles. The van der Waals surface area contributed by atoms with Crippen molar-refractivity contribution >= 4 is 34.1 Å². The van der Waals surface area contributed by atoms with Gasteiger partial charge in [-0.2, -0.15) is 20.5 Å². The maximum Gasteiger partial charge on any atom is 0.0858 e. The molecule has 0 saturated heterocycles. The Morgan fingerprint density at radius 3 is 1.14 bits per heavy atom. The molecule has 0 N–H and O–H groups in total. The molecule has 0 bridgehead atoms. The van der Waals surface area contributed by atoms with Crippen molar-refractivity contribution in [1.82, 2.24) is 0 Å². The zero-order valence-electron chi connectivity index (χ0n) is 23.2. The molecule has 0 radical (unpaired) electrons. The zero-order valence-corrected chi connectivity index (χ0v) is 23.2. The lowest BCUT2D eigenvalue weighted by Crippen LogP contribution is -2.07. The van der Waals surface area contributed by atoms with E-state index in [1.54, 1.807) is 17.0 Å². The van der Waals surface area contributed by atoms with Crippen molar-refractivity contribution in [2.45, 2.75) is 0 Å². The SMILES string of the molecule is C#CC#CN(C)c1ccc(N=Nc2ccc(-c3ccc(N=Nc4ccc(N(C#CC#C)C#CC#C)cc4)cc3)cc2)cc1. The predicted octanol–water partition coefficient (Wildman–Crippen LogP) is 8.21. The Bertz CT molecular complexity index is 1910. The van der Waals surface area contributed by atoms with Crippen LogP contribution >= 0.6 is 0 Å². The number of hydrogen-bond acceptors (Lipinski definition) is 6. The number of rotatable bonds is 7. The summed E-state index contributed by atoms with van der Waals surface area (Å²) in [6.45, 7) is 0. The van der Waals surface area contributed by atoms with E-state index in [0.29, 0.717) is 11.4 Å². The fraction of sp³-hybridized carbons (Fsp3) is 0.0270. The van der Waals surface area contributed by atoms with Gasteiger partial charge in [-0.3, -0.25) is 0 Å². The van der Waals surface area contributed by atoms with Gasteiger partial charge in [0.15, 0.2) is 0 Å². The average Bonchev–Trinajstić information content (AvgIpc) is 3.06. The van der Waals surface area contributed by atoms with Crippen LogP contribution in [0.5, 0.6) is 0 Å². The molecule has 0 aromatic heterocycles. The van der Waals surface area contributed by atoms with Gasteiger partial charge in [-0.15, -0.1) is 19.3 Å². The van der Waals surface area contributed by atoms with E-state index in [0.717, 1.165) is 33.9 Å². The van der Waals surface area contributed by atoms with Gasteiger partial charge in [0.25, 0.3) is 0 Å². The molecule has 0 fully saturated rings. The Morgan fingerprint density at radius 2 is 0.767 bits per heavy atom. The monoisotopic (exact) mass is 550 g/mol. The number of nitrogens with zero attached hydrogens (tertiary/aromatic N) is 6. The highest BCUT2D eigenvalue weighted by atomic mass is 15.1. The van der Waals surface area contributed by atoms with Gasteiger partial charge >= 0.3 is 0 Å². The van der Waals surface area contributed by atoms with Crippen LogP contribution < -0.4 is 9.80 Å². The van der Waals surface area contributed by atoms with Crippen molar-refractivity contribution in [3.05, 3.63) is 97.1 Å². The Morgan fingerprint density at radius 1 is 0.442 bits per heavy atom. The number of terminal acetylenes is 3. The van der Waals surface area contributed by atoms with Gasteiger partial charge in [0.2, 0.25) is 0 Å². The van der Waals surface area contributed by atoms with Crippen LogP contribution in [0.3, 0.4) is 0 Å². The van der Waals surface area contributed by atoms with Gasteiger partial charge < -0.3 is 4.90 Å². The molecule has 0 aliphatic heterocycles. The average molecular weight is 551 g/mol. The quantitative estimate of drug-likeness (QED) is 0.132. The summed E-state index contributed by atoms with van der Waals surface area (Å²) < 4.78 is 0. The molecule has 0 atom stereocenters. The molecule has 0 spiro atoms. The summed E-state index contributed by atoms with van der Waals surface area (Å²) in [5.74, 6) is 14.5. The van der Waals surface area contributed by atoms with Crippen LogP contribution in [0.2, 0.25) is 0 Å². The van der Waals surface area contributed by atoms with Gasteiger partial charge in [0.05, 0.1) is 28.4 Å². The van der Waals surface area contributed by atoms with E-state index in [4.69, 9.17) is 19.3 Å². The number of hydrogen-bond donors (Lipinski definition) is 0. The van der Waals surface area contributed by atoms with Crippen LogP contribution in [0, 0.1) is 72.9 Å². The fourth-order valence-corrected chi connectivity index (χ4v) is 3.60. The first-order chi connectivity index (χ1) is 21.1. The second-order valence-electron chi connectivity index (χ2n) is 8.56. The van der Waals surface area contributed by atoms with E-state index in [9.17, 15) is 0 Å². The molecule has 0 unspecified atom stereocenters. The largest absolute Gasteiger partial charge is 0.304 e. The predicted molar refractivity (Wildman–Crippen MR) is 174 cm³/mol. The highest BCUT2D eigenvalue weighted by Crippen LogP contribution is 2.28. The van der Waals surface area contributed by atoms with Crippen molar-refractivity contribution in [2.75, 3.05) is 16.8 Å². The number of azo groups is 2. The highest BCUT2D eigenvalue weighted by molar-refractivity contribution is 5.67. The van der Waals surface area contributed by atoms with Crippen LogP contribution in [-0.4, -0.2) is 7.05 Å². The molecule has 0 amide bonds. The summed E-state index contributed by atoms with van der Waals surface area (Å²) in [6.07, 6.45) is 15.6. The van der Waals surface area contributed by atoms with Crippen molar-refractivity contribution in [3.8, 4) is 84.1 Å². The van der Waals surface area contributed by atoms with E-state index < -0.39 is 0 Å². The molecule has 4 rings (SSSR count). The minimum absolute atomic E-state index is 0.671. The lowest BCUT2D eigenvalue weighted by atomic mass is 10.1. The molecular formula is C37H22N6. The van der Waals surface area contributed by atoms with Crippen LogP contribution in [0.1, 0.15) is 0 Å². The molecule has 43 heavy (non-hydrogen) atoms. The maximum atomic E-state index is 5.22. The van der Waals surface area contributed by atoms with Crippen molar-refractivity contribution in [1.29, 1.82) is 0 Å². The molecule has 0 aliphatic rings. The zero-order chi connectivity index (χ0) is 30.3. The van der Waals surface area contributed by atoms with Crippen LogP contribution in [0.4, 0.5) is 34.1 Å². The van der Waals surface area contributed by atoms with E-state index in [2.05, 4.69) is 74.1 Å². The fourth-order valence-electron chi connectivity index (χ4n) is 3.60. The first kappa shape index (κ1) is 29.0. The van der Waals surface area contributed by atoms with E-state index in [1.807, 2.05) is 92.0 Å². The summed E-state index contributed by atoms with van der Waals surface area (Å²) in [5, 5.41) is 17.3. The summed E-state index contributed by atoms with van der Waals surface area (Å²) in [4.78, 5) is 3.22. The van der Waals surface area contributed by atoms with Gasteiger partial charge in [0, 0.05) is 48.6 Å². The third-order valence-corrected chi connectivity index (χ3v) is 5.75. The second-order valence-corrected chi connectivity index (χ2v) is 8.56. The third kappa shape index (κ3) is 8.51. The summed E-state index contributed by atoms with van der Waals surface area (Å²) in [6, 6.07) is 38.8. The van der Waals surface area contributed by atoms with Gasteiger partial charge in [-0.05, 0) is 102 Å². The molecule has 0 heterocycles. The molecular weight excluding hydrogens is 528 g/mol. The Hall–Kier alpha value is -6.96. The third-order valence-electron chi connectivity index (χ3n) is 5.75. The Kier molecular flexibility index (Phi) is 10.1. The van der Waals surface area contributed by atoms with Crippen LogP contribution in [0.15, 0.2) is 118 Å². The van der Waals surface area contributed by atoms with Crippen LogP contribution in [-0.2, 0) is 0 Å². The van der Waals surface area contributed by atoms with E-state index in [1.165, 1.54) is 4.90 Å². The Balaban J connectivity index is 1.37. The topological polar surface area (TPSA) is 55.9 Å². The molecule has 200 valence electrons. The van der Waals surface area contributed by atoms with E-state index >= 15 is 0 Å². The van der Waals surface area contributed by atoms with Crippen molar-refractivity contribution in [3.63, 3.8) is 0 Å². The first-order valence-corrected chi connectivity index (χ1v) is 12.8. The van der Waals surface area contributed by atoms with Gasteiger partial charge in [-0.1, -0.05) is 24.3 Å². The lowest BCUT2D eigenvalue weighted by Gasteiger charge is -2.10. The normalized spacial score (nSPS) is 9.63. The molecule has 0 saturated carbocycles. The standard InChI is InChI=1S/C37H22N6/c1-5-8-27-42(4)36-23-19-34(20-24-36)40-38-32-15-11-30(12-16-32)31-13-17-33(18-14-31)39-41-35-21-25-37(26-22-35)43(28-9-6-2)29-10-7-3/h1-3,11-26H,4H3. The minimum atomic E-state index is 0.671. The molecule has 6 nitrogen and oxygen atoms in total. The number of benzene rings is 4. The molecule has 4 aromatic carbocycles. The summed E-state index contributed by atoms with van der Waals surface area (Å²) >= 11 is 0. The number of anilines is 2. The Labute approximate surface area is 252 Å². The summed E-state index contributed by atoms with van der Waals surface area (Å²) in [5.41, 5.74) is 6.59. The van der Waals surface area contributed by atoms with Crippen molar-refractivity contribution < 1.29 is 0 Å². The lowest BCUT2D eigenvalue weighted by molar-refractivity contribution is 1.21. The minimum Gasteiger partial charge on any atom is -0.304 e. The van der Waals surface area contributed by atoms with E-state index in [-0.39, 0.29) is 0 Å². The maximum absolute atomic E-state index is 5.22. The molecule has 6 heteroatoms. The second kappa shape index (κ2) is 15.0. The van der Waals surface area contributed by atoms with Gasteiger partial charge in [-0.25, -0.2) is 4.90 Å². The van der Waals surface area contributed by atoms with Crippen LogP contribution in [0.25, 0.3) is 11.1 Å². The summed E-state index contributed by atoms with van der Waals surface area (Å²) in [7, 11) is 1.84. The highest BCUT2D eigenvalue weighted by Gasteiger charge is 2.02. The smallest absolute Gasteiger partial charge is 0.0858 e.